The molecule has 1 heterocycles. The molecule has 0 aromatic carbocycles. The van der Waals surface area contributed by atoms with E-state index in [1.165, 1.54) is 0 Å². The lowest BCUT2D eigenvalue weighted by molar-refractivity contribution is 0.397. The normalized spacial score (nSPS) is 12.1. The van der Waals surface area contributed by atoms with Gasteiger partial charge in [0, 0.05) is 5.54 Å². The van der Waals surface area contributed by atoms with Gasteiger partial charge >= 0.3 is 0 Å². The van der Waals surface area contributed by atoms with Crippen LogP contribution >= 0.6 is 34.2 Å². The summed E-state index contributed by atoms with van der Waals surface area (Å²) in [6.07, 6.45) is 1.77. The van der Waals surface area contributed by atoms with Gasteiger partial charge in [0.15, 0.2) is 0 Å². The van der Waals surface area contributed by atoms with Crippen molar-refractivity contribution in [2.24, 2.45) is 0 Å². The minimum Gasteiger partial charge on any atom is -0.315 e. The molecule has 0 saturated carbocycles. The molecule has 0 bridgehead atoms. The summed E-state index contributed by atoms with van der Waals surface area (Å²) in [5.74, 6) is 0. The van der Waals surface area contributed by atoms with Crippen molar-refractivity contribution in [1.29, 1.82) is 0 Å². The first-order valence-electron chi connectivity index (χ1n) is 3.32. The lowest BCUT2D eigenvalue weighted by Gasteiger charge is -2.21. The van der Waals surface area contributed by atoms with E-state index in [1.54, 1.807) is 6.33 Å². The Morgan fingerprint density at radius 1 is 1.55 bits per heavy atom. The van der Waals surface area contributed by atoms with E-state index in [0.29, 0.717) is 0 Å². The molecule has 0 radical (unpaired) electrons. The summed E-state index contributed by atoms with van der Waals surface area (Å²) in [6.45, 7) is 6.28. The van der Waals surface area contributed by atoms with Gasteiger partial charge in [-0.05, 0) is 43.4 Å². The highest BCUT2D eigenvalue weighted by Gasteiger charge is 2.17. The van der Waals surface area contributed by atoms with Crippen LogP contribution in [-0.2, 0) is 5.54 Å². The molecule has 0 fully saturated rings. The van der Waals surface area contributed by atoms with Crippen molar-refractivity contribution < 1.29 is 0 Å². The Kier molecular flexibility index (Phi) is 2.49. The first-order chi connectivity index (χ1) is 4.93. The summed E-state index contributed by atoms with van der Waals surface area (Å²) in [4.78, 5) is 4.10. The zero-order chi connectivity index (χ0) is 8.65. The smallest absolute Gasteiger partial charge is 0.142 e. The second kappa shape index (κ2) is 2.94. The molecule has 2 nitrogen and oxygen atoms in total. The van der Waals surface area contributed by atoms with E-state index in [2.05, 4.69) is 48.3 Å². The molecule has 62 valence electrons. The highest BCUT2D eigenvalue weighted by atomic mass is 127. The van der Waals surface area contributed by atoms with Crippen LogP contribution in [-0.4, -0.2) is 9.55 Å². The van der Waals surface area contributed by atoms with Gasteiger partial charge in [0.1, 0.15) is 8.85 Å². The summed E-state index contributed by atoms with van der Waals surface area (Å²) in [5.41, 5.74) is 0.0213. The fraction of sp³-hybridized carbons (Fsp3) is 0.571. The van der Waals surface area contributed by atoms with Crippen LogP contribution in [0.15, 0.2) is 6.33 Å². The van der Waals surface area contributed by atoms with Crippen molar-refractivity contribution in [3.8, 4) is 0 Å². The molecule has 4 heteroatoms. The van der Waals surface area contributed by atoms with Crippen LogP contribution in [0.5, 0.6) is 0 Å². The SMILES string of the molecule is CC(C)(C)n1cnc(I)c1Cl. The fourth-order valence-corrected chi connectivity index (χ4v) is 1.51. The summed E-state index contributed by atoms with van der Waals surface area (Å²) < 4.78 is 2.82. The Labute approximate surface area is 85.1 Å². The number of halogens is 2. The first kappa shape index (κ1) is 9.32. The van der Waals surface area contributed by atoms with Crippen molar-refractivity contribution in [2.45, 2.75) is 26.3 Å². The van der Waals surface area contributed by atoms with E-state index >= 15 is 0 Å². The molecule has 1 aromatic heterocycles. The van der Waals surface area contributed by atoms with Gasteiger partial charge in [-0.15, -0.1) is 0 Å². The van der Waals surface area contributed by atoms with Gasteiger partial charge in [-0.3, -0.25) is 0 Å². The standard InChI is InChI=1S/C7H10ClIN2/c1-7(2,3)11-4-10-6(9)5(11)8/h4H,1-3H3. The zero-order valence-corrected chi connectivity index (χ0v) is 9.64. The zero-order valence-electron chi connectivity index (χ0n) is 6.73. The van der Waals surface area contributed by atoms with E-state index in [-0.39, 0.29) is 5.54 Å². The summed E-state index contributed by atoms with van der Waals surface area (Å²) in [6, 6.07) is 0. The molecule has 0 N–H and O–H groups in total. The lowest BCUT2D eigenvalue weighted by Crippen LogP contribution is -2.20. The third-order valence-electron chi connectivity index (χ3n) is 1.39. The van der Waals surface area contributed by atoms with Gasteiger partial charge in [-0.2, -0.15) is 0 Å². The summed E-state index contributed by atoms with van der Waals surface area (Å²) in [7, 11) is 0. The second-order valence-corrected chi connectivity index (χ2v) is 4.75. The highest BCUT2D eigenvalue weighted by Crippen LogP contribution is 2.24. The highest BCUT2D eigenvalue weighted by molar-refractivity contribution is 14.1. The van der Waals surface area contributed by atoms with Crippen LogP contribution in [0.3, 0.4) is 0 Å². The van der Waals surface area contributed by atoms with Gasteiger partial charge in [0.05, 0.1) is 6.33 Å². The monoisotopic (exact) mass is 284 g/mol. The topological polar surface area (TPSA) is 17.8 Å². The molecule has 0 spiro atoms. The Morgan fingerprint density at radius 3 is 2.27 bits per heavy atom. The molecule has 0 aliphatic rings. The minimum absolute atomic E-state index is 0.0213. The molecule has 0 aliphatic carbocycles. The summed E-state index contributed by atoms with van der Waals surface area (Å²) in [5, 5.41) is 0.720. The van der Waals surface area contributed by atoms with Crippen molar-refractivity contribution in [1.82, 2.24) is 9.55 Å². The van der Waals surface area contributed by atoms with E-state index in [1.807, 2.05) is 4.57 Å². The van der Waals surface area contributed by atoms with Gasteiger partial charge in [0.2, 0.25) is 0 Å². The largest absolute Gasteiger partial charge is 0.315 e. The fourth-order valence-electron chi connectivity index (χ4n) is 0.779. The van der Waals surface area contributed by atoms with Crippen LogP contribution in [0.1, 0.15) is 20.8 Å². The van der Waals surface area contributed by atoms with Crippen LogP contribution in [0, 0.1) is 3.70 Å². The molecule has 0 atom stereocenters. The van der Waals surface area contributed by atoms with Crippen molar-refractivity contribution in [3.05, 3.63) is 15.2 Å². The molecule has 0 unspecified atom stereocenters. The molecule has 1 aromatic rings. The number of nitrogens with zero attached hydrogens (tertiary/aromatic N) is 2. The van der Waals surface area contributed by atoms with Crippen LogP contribution in [0.25, 0.3) is 0 Å². The summed E-state index contributed by atoms with van der Waals surface area (Å²) >= 11 is 8.11. The van der Waals surface area contributed by atoms with E-state index in [9.17, 15) is 0 Å². The Hall–Kier alpha value is 0.230. The number of rotatable bonds is 0. The third kappa shape index (κ3) is 1.87. The van der Waals surface area contributed by atoms with E-state index < -0.39 is 0 Å². The van der Waals surface area contributed by atoms with E-state index in [0.717, 1.165) is 8.85 Å². The molecule has 1 rings (SSSR count). The average Bonchev–Trinajstić information content (AvgIpc) is 2.11. The predicted molar refractivity (Wildman–Crippen MR) is 55.0 cm³/mol. The minimum atomic E-state index is 0.0213. The maximum atomic E-state index is 5.99. The van der Waals surface area contributed by atoms with Gasteiger partial charge in [-0.25, -0.2) is 4.98 Å². The number of imidazole rings is 1. The third-order valence-corrected chi connectivity index (χ3v) is 2.86. The molecule has 0 saturated heterocycles. The van der Waals surface area contributed by atoms with Crippen LogP contribution < -0.4 is 0 Å². The maximum absolute atomic E-state index is 5.99. The van der Waals surface area contributed by atoms with E-state index in [4.69, 9.17) is 11.6 Å². The number of hydrogen-bond donors (Lipinski definition) is 0. The van der Waals surface area contributed by atoms with Crippen molar-refractivity contribution >= 4 is 34.2 Å². The number of aromatic nitrogens is 2. The quantitative estimate of drug-likeness (QED) is 0.670. The van der Waals surface area contributed by atoms with Crippen LogP contribution in [0.4, 0.5) is 0 Å². The molecular weight excluding hydrogens is 274 g/mol. The van der Waals surface area contributed by atoms with Crippen molar-refractivity contribution in [3.63, 3.8) is 0 Å². The molecule has 11 heavy (non-hydrogen) atoms. The predicted octanol–water partition coefficient (Wildman–Crippen LogP) is 2.90. The number of hydrogen-bond acceptors (Lipinski definition) is 1. The first-order valence-corrected chi connectivity index (χ1v) is 4.77. The lowest BCUT2D eigenvalue weighted by atomic mass is 10.1. The second-order valence-electron chi connectivity index (χ2n) is 3.37. The van der Waals surface area contributed by atoms with Crippen molar-refractivity contribution in [2.75, 3.05) is 0 Å². The Bertz CT molecular complexity index is 262. The Balaban J connectivity index is 3.15. The molecule has 0 amide bonds. The maximum Gasteiger partial charge on any atom is 0.142 e. The average molecular weight is 285 g/mol. The molecular formula is C7H10ClIN2. The van der Waals surface area contributed by atoms with Gasteiger partial charge in [0.25, 0.3) is 0 Å². The van der Waals surface area contributed by atoms with Crippen LogP contribution in [0.2, 0.25) is 5.15 Å². The van der Waals surface area contributed by atoms with Gasteiger partial charge < -0.3 is 4.57 Å². The van der Waals surface area contributed by atoms with Gasteiger partial charge in [-0.1, -0.05) is 11.6 Å². The molecule has 0 aliphatic heterocycles. The Morgan fingerprint density at radius 2 is 2.09 bits per heavy atom.